The summed E-state index contributed by atoms with van der Waals surface area (Å²) in [6, 6.07) is 0. The number of hydrogen-bond acceptors (Lipinski definition) is 5. The Labute approximate surface area is 148 Å². The Balaban J connectivity index is 0.000000450. The maximum Gasteiger partial charge on any atom is 0.331 e. The second-order valence-corrected chi connectivity index (χ2v) is 6.34. The van der Waals surface area contributed by atoms with Crippen LogP contribution in [0.3, 0.4) is 0 Å². The first-order chi connectivity index (χ1) is 11.8. The van der Waals surface area contributed by atoms with Crippen LogP contribution in [0.1, 0.15) is 45.4 Å². The molecule has 2 aliphatic rings. The third-order valence-electron chi connectivity index (χ3n) is 4.25. The van der Waals surface area contributed by atoms with Crippen molar-refractivity contribution in [3.05, 3.63) is 36.5 Å². The minimum atomic E-state index is -0.971. The van der Waals surface area contributed by atoms with Crippen molar-refractivity contribution in [3.63, 3.8) is 0 Å². The highest BCUT2D eigenvalue weighted by atomic mass is 16.5. The highest BCUT2D eigenvalue weighted by Gasteiger charge is 2.37. The van der Waals surface area contributed by atoms with Crippen LogP contribution in [0.15, 0.2) is 36.5 Å². The van der Waals surface area contributed by atoms with E-state index in [1.165, 1.54) is 19.6 Å². The number of ether oxygens (including phenoxy) is 2. The summed E-state index contributed by atoms with van der Waals surface area (Å²) >= 11 is 0. The van der Waals surface area contributed by atoms with E-state index in [1.807, 2.05) is 0 Å². The quantitative estimate of drug-likeness (QED) is 0.619. The van der Waals surface area contributed by atoms with Gasteiger partial charge in [-0.25, -0.2) is 9.59 Å². The molecule has 0 aromatic rings. The molecule has 1 fully saturated rings. The Bertz CT molecular complexity index is 568. The molecule has 0 amide bonds. The predicted molar refractivity (Wildman–Crippen MR) is 92.8 cm³/mol. The monoisotopic (exact) mass is 350 g/mol. The fourth-order valence-electron chi connectivity index (χ4n) is 2.73. The summed E-state index contributed by atoms with van der Waals surface area (Å²) < 4.78 is 9.69. The van der Waals surface area contributed by atoms with Gasteiger partial charge in [-0.15, -0.1) is 0 Å². The molecule has 2 aliphatic carbocycles. The fraction of sp³-hybridized carbons (Fsp3) is 0.526. The molecule has 0 bridgehead atoms. The number of allylic oxidation sites excluding steroid dienone is 2. The highest BCUT2D eigenvalue weighted by Crippen LogP contribution is 2.34. The van der Waals surface area contributed by atoms with Crippen LogP contribution >= 0.6 is 0 Å². The zero-order valence-corrected chi connectivity index (χ0v) is 14.8. The number of aliphatic carboxylic acids is 1. The van der Waals surface area contributed by atoms with Crippen molar-refractivity contribution in [2.45, 2.75) is 51.6 Å². The van der Waals surface area contributed by atoms with Gasteiger partial charge < -0.3 is 14.6 Å². The van der Waals surface area contributed by atoms with Gasteiger partial charge in [0.15, 0.2) is 0 Å². The Morgan fingerprint density at radius 2 is 1.92 bits per heavy atom. The molecule has 6 nitrogen and oxygen atoms in total. The maximum atomic E-state index is 12.3. The van der Waals surface area contributed by atoms with Crippen molar-refractivity contribution < 1.29 is 29.0 Å². The van der Waals surface area contributed by atoms with Crippen molar-refractivity contribution in [2.75, 3.05) is 7.11 Å². The van der Waals surface area contributed by atoms with Crippen LogP contribution in [0.2, 0.25) is 0 Å². The number of methoxy groups -OCH3 is 1. The summed E-state index contributed by atoms with van der Waals surface area (Å²) in [7, 11) is 1.31. The molecule has 25 heavy (non-hydrogen) atoms. The lowest BCUT2D eigenvalue weighted by Gasteiger charge is -2.30. The van der Waals surface area contributed by atoms with Crippen LogP contribution in [0.5, 0.6) is 0 Å². The van der Waals surface area contributed by atoms with E-state index >= 15 is 0 Å². The summed E-state index contributed by atoms with van der Waals surface area (Å²) in [6.07, 6.45) is 11.5. The van der Waals surface area contributed by atoms with Crippen molar-refractivity contribution in [3.8, 4) is 0 Å². The molecule has 2 rings (SSSR count). The number of rotatable bonds is 4. The molecular weight excluding hydrogens is 324 g/mol. The standard InChI is InChI=1S/C15H20O4.C4H6O2/c1-15(9-5-6-11(10-15)13(16)17)14(18)19-12-7-3-2-4-8-12;1-3-4(5)6-2/h5-6,9,12H,2-4,7-8,10H2,1H3,(H,16,17);3H,1H2,2H3. The molecule has 0 heterocycles. The normalized spacial score (nSPS) is 22.7. The van der Waals surface area contributed by atoms with Gasteiger partial charge in [0, 0.05) is 11.6 Å². The molecule has 0 aromatic carbocycles. The third-order valence-corrected chi connectivity index (χ3v) is 4.25. The van der Waals surface area contributed by atoms with E-state index in [1.54, 1.807) is 19.1 Å². The molecule has 1 atom stereocenters. The SMILES string of the molecule is C=CC(=O)OC.CC1(C(=O)OC2CCCCC2)C=CC=C(C(=O)O)C1. The molecule has 1 unspecified atom stereocenters. The van der Waals surface area contributed by atoms with Gasteiger partial charge in [0.05, 0.1) is 12.5 Å². The van der Waals surface area contributed by atoms with Gasteiger partial charge in [-0.1, -0.05) is 31.2 Å². The van der Waals surface area contributed by atoms with E-state index in [0.29, 0.717) is 0 Å². The first-order valence-corrected chi connectivity index (χ1v) is 8.35. The van der Waals surface area contributed by atoms with Gasteiger partial charge >= 0.3 is 17.9 Å². The van der Waals surface area contributed by atoms with Gasteiger partial charge in [-0.2, -0.15) is 0 Å². The number of carboxylic acids is 1. The van der Waals surface area contributed by atoms with Crippen LogP contribution in [-0.2, 0) is 23.9 Å². The summed E-state index contributed by atoms with van der Waals surface area (Å²) in [6.45, 7) is 4.90. The van der Waals surface area contributed by atoms with Gasteiger partial charge in [0.25, 0.3) is 0 Å². The van der Waals surface area contributed by atoms with E-state index < -0.39 is 17.4 Å². The lowest BCUT2D eigenvalue weighted by Crippen LogP contribution is -2.34. The topological polar surface area (TPSA) is 89.9 Å². The van der Waals surface area contributed by atoms with Crippen LogP contribution < -0.4 is 0 Å². The predicted octanol–water partition coefficient (Wildman–Crippen LogP) is 3.18. The Morgan fingerprint density at radius 3 is 2.40 bits per heavy atom. The van der Waals surface area contributed by atoms with E-state index in [0.717, 1.165) is 31.8 Å². The smallest absolute Gasteiger partial charge is 0.331 e. The second kappa shape index (κ2) is 9.81. The van der Waals surface area contributed by atoms with Gasteiger partial charge in [-0.05, 0) is 39.0 Å². The highest BCUT2D eigenvalue weighted by molar-refractivity contribution is 5.90. The van der Waals surface area contributed by atoms with Crippen LogP contribution in [0.4, 0.5) is 0 Å². The van der Waals surface area contributed by atoms with Gasteiger partial charge in [0.2, 0.25) is 0 Å². The minimum Gasteiger partial charge on any atom is -0.478 e. The zero-order chi connectivity index (χ0) is 18.9. The summed E-state index contributed by atoms with van der Waals surface area (Å²) in [5.74, 6) is -1.67. The molecule has 1 saturated carbocycles. The first-order valence-electron chi connectivity index (χ1n) is 8.35. The number of carboxylic acid groups (broad SMARTS) is 1. The van der Waals surface area contributed by atoms with Crippen molar-refractivity contribution in [2.24, 2.45) is 5.41 Å². The molecular formula is C19H26O6. The lowest BCUT2D eigenvalue weighted by atomic mass is 9.80. The Morgan fingerprint density at radius 1 is 1.28 bits per heavy atom. The molecule has 1 N–H and O–H groups in total. The molecule has 138 valence electrons. The molecule has 0 radical (unpaired) electrons. The summed E-state index contributed by atoms with van der Waals surface area (Å²) in [4.78, 5) is 33.1. The molecule has 0 spiro atoms. The van der Waals surface area contributed by atoms with Gasteiger partial charge in [-0.3, -0.25) is 4.79 Å². The van der Waals surface area contributed by atoms with Crippen molar-refractivity contribution in [1.29, 1.82) is 0 Å². The van der Waals surface area contributed by atoms with Crippen molar-refractivity contribution in [1.82, 2.24) is 0 Å². The third kappa shape index (κ3) is 6.57. The molecule has 0 aromatic heterocycles. The molecule has 0 saturated heterocycles. The van der Waals surface area contributed by atoms with Crippen LogP contribution in [0.25, 0.3) is 0 Å². The van der Waals surface area contributed by atoms with E-state index in [4.69, 9.17) is 9.84 Å². The fourth-order valence-corrected chi connectivity index (χ4v) is 2.73. The zero-order valence-electron chi connectivity index (χ0n) is 14.8. The van der Waals surface area contributed by atoms with Crippen LogP contribution in [-0.4, -0.2) is 36.2 Å². The van der Waals surface area contributed by atoms with E-state index in [-0.39, 0.29) is 24.1 Å². The minimum absolute atomic E-state index is 0.00524. The molecule has 0 aliphatic heterocycles. The average Bonchev–Trinajstić information content (AvgIpc) is 2.62. The Kier molecular flexibility index (Phi) is 8.11. The van der Waals surface area contributed by atoms with E-state index in [9.17, 15) is 14.4 Å². The number of carbonyl (C=O) groups excluding carboxylic acids is 2. The second-order valence-electron chi connectivity index (χ2n) is 6.34. The Hall–Kier alpha value is -2.37. The molecule has 6 heteroatoms. The largest absolute Gasteiger partial charge is 0.478 e. The number of hydrogen-bond donors (Lipinski definition) is 1. The summed E-state index contributed by atoms with van der Waals surface area (Å²) in [5.41, 5.74) is -0.592. The number of esters is 2. The summed E-state index contributed by atoms with van der Waals surface area (Å²) in [5, 5.41) is 9.02. The average molecular weight is 350 g/mol. The maximum absolute atomic E-state index is 12.3. The number of carbonyl (C=O) groups is 3. The first kappa shape index (κ1) is 20.7. The lowest BCUT2D eigenvalue weighted by molar-refractivity contribution is -0.159. The van der Waals surface area contributed by atoms with E-state index in [2.05, 4.69) is 11.3 Å². The van der Waals surface area contributed by atoms with Gasteiger partial charge in [0.1, 0.15) is 6.10 Å². The van der Waals surface area contributed by atoms with Crippen LogP contribution in [0, 0.1) is 5.41 Å². The van der Waals surface area contributed by atoms with Crippen molar-refractivity contribution >= 4 is 17.9 Å².